The monoisotopic (exact) mass is 260 g/mol. The minimum atomic E-state index is -1.23. The summed E-state index contributed by atoms with van der Waals surface area (Å²) in [7, 11) is 0. The van der Waals surface area contributed by atoms with Crippen LogP contribution in [0.4, 0.5) is 0 Å². The summed E-state index contributed by atoms with van der Waals surface area (Å²) < 4.78 is 15.5. The fourth-order valence-electron chi connectivity index (χ4n) is 1.43. The first kappa shape index (κ1) is 13.1. The highest BCUT2D eigenvalue weighted by molar-refractivity contribution is 7.91. The molecular weight excluding hydrogens is 244 g/mol. The lowest BCUT2D eigenvalue weighted by molar-refractivity contribution is 0.562. The lowest BCUT2D eigenvalue weighted by Gasteiger charge is -2.17. The SMILES string of the molecule is CC(C)(C)[S+]([O-])N=Cc1cnc2ccccc2c1. The number of nitrogens with zero attached hydrogens (tertiary/aromatic N) is 2. The van der Waals surface area contributed by atoms with E-state index in [0.717, 1.165) is 16.5 Å². The zero-order valence-corrected chi connectivity index (χ0v) is 11.6. The Bertz CT molecular complexity index is 575. The molecular formula is C14H16N2OS. The van der Waals surface area contributed by atoms with E-state index in [-0.39, 0.29) is 4.75 Å². The maximum Gasteiger partial charge on any atom is 0.144 e. The van der Waals surface area contributed by atoms with Crippen molar-refractivity contribution in [3.8, 4) is 0 Å². The number of pyridine rings is 1. The van der Waals surface area contributed by atoms with Gasteiger partial charge in [0.05, 0.1) is 11.7 Å². The molecule has 0 aliphatic rings. The van der Waals surface area contributed by atoms with Gasteiger partial charge in [-0.2, -0.15) is 0 Å². The van der Waals surface area contributed by atoms with Gasteiger partial charge < -0.3 is 4.55 Å². The quantitative estimate of drug-likeness (QED) is 0.615. The molecule has 0 radical (unpaired) electrons. The van der Waals surface area contributed by atoms with Crippen LogP contribution in [-0.4, -0.2) is 20.5 Å². The molecule has 3 nitrogen and oxygen atoms in total. The molecule has 94 valence electrons. The Labute approximate surface area is 110 Å². The smallest absolute Gasteiger partial charge is 0.144 e. The third-order valence-corrected chi connectivity index (χ3v) is 3.78. The first-order valence-corrected chi connectivity index (χ1v) is 6.88. The molecule has 18 heavy (non-hydrogen) atoms. The number of rotatable bonds is 2. The van der Waals surface area contributed by atoms with Crippen molar-refractivity contribution in [2.75, 3.05) is 0 Å². The van der Waals surface area contributed by atoms with E-state index in [1.807, 2.05) is 51.1 Å². The molecule has 4 heteroatoms. The lowest BCUT2D eigenvalue weighted by atomic mass is 10.2. The lowest BCUT2D eigenvalue weighted by Crippen LogP contribution is -2.25. The van der Waals surface area contributed by atoms with Crippen molar-refractivity contribution in [2.45, 2.75) is 25.5 Å². The van der Waals surface area contributed by atoms with Crippen molar-refractivity contribution in [3.05, 3.63) is 42.1 Å². The third-order valence-electron chi connectivity index (χ3n) is 2.43. The van der Waals surface area contributed by atoms with Crippen molar-refractivity contribution in [2.24, 2.45) is 4.40 Å². The fraction of sp³-hybridized carbons (Fsp3) is 0.286. The number of aromatic nitrogens is 1. The molecule has 0 fully saturated rings. The molecule has 0 aliphatic heterocycles. The Balaban J connectivity index is 2.25. The van der Waals surface area contributed by atoms with Gasteiger partial charge in [0.2, 0.25) is 0 Å². The summed E-state index contributed by atoms with van der Waals surface area (Å²) in [5.41, 5.74) is 1.82. The maximum absolute atomic E-state index is 11.8. The van der Waals surface area contributed by atoms with E-state index in [4.69, 9.17) is 0 Å². The molecule has 1 aromatic carbocycles. The number of para-hydroxylation sites is 1. The van der Waals surface area contributed by atoms with E-state index in [1.165, 1.54) is 0 Å². The summed E-state index contributed by atoms with van der Waals surface area (Å²) >= 11 is -1.23. The number of hydrogen-bond donors (Lipinski definition) is 0. The van der Waals surface area contributed by atoms with Crippen molar-refractivity contribution >= 4 is 28.5 Å². The second-order valence-corrected chi connectivity index (χ2v) is 6.99. The van der Waals surface area contributed by atoms with Crippen molar-refractivity contribution < 1.29 is 4.55 Å². The predicted molar refractivity (Wildman–Crippen MR) is 77.2 cm³/mol. The van der Waals surface area contributed by atoms with E-state index >= 15 is 0 Å². The van der Waals surface area contributed by atoms with E-state index in [9.17, 15) is 4.55 Å². The van der Waals surface area contributed by atoms with Gasteiger partial charge in [0.1, 0.15) is 16.1 Å². The molecule has 1 unspecified atom stereocenters. The average Bonchev–Trinajstić information content (AvgIpc) is 2.34. The Morgan fingerprint density at radius 2 is 2.00 bits per heavy atom. The van der Waals surface area contributed by atoms with E-state index in [2.05, 4.69) is 9.38 Å². The Hall–Kier alpha value is -1.39. The number of fused-ring (bicyclic) bond motifs is 1. The van der Waals surface area contributed by atoms with Gasteiger partial charge in [-0.3, -0.25) is 4.98 Å². The number of hydrogen-bond acceptors (Lipinski definition) is 3. The Morgan fingerprint density at radius 1 is 1.28 bits per heavy atom. The van der Waals surface area contributed by atoms with Gasteiger partial charge in [-0.15, -0.1) is 0 Å². The Morgan fingerprint density at radius 3 is 2.72 bits per heavy atom. The van der Waals surface area contributed by atoms with Gasteiger partial charge in [0.15, 0.2) is 0 Å². The van der Waals surface area contributed by atoms with Gasteiger partial charge in [0.25, 0.3) is 0 Å². The van der Waals surface area contributed by atoms with Gasteiger partial charge in [-0.05, 0) is 32.9 Å². The second kappa shape index (κ2) is 5.08. The summed E-state index contributed by atoms with van der Waals surface area (Å²) in [4.78, 5) is 4.33. The minimum Gasteiger partial charge on any atom is -0.591 e. The van der Waals surface area contributed by atoms with Crippen LogP contribution >= 0.6 is 0 Å². The van der Waals surface area contributed by atoms with Crippen LogP contribution in [0, 0.1) is 0 Å². The third kappa shape index (κ3) is 3.09. The second-order valence-electron chi connectivity index (χ2n) is 5.06. The average molecular weight is 260 g/mol. The van der Waals surface area contributed by atoms with Crippen LogP contribution in [0.3, 0.4) is 0 Å². The van der Waals surface area contributed by atoms with E-state index < -0.39 is 11.4 Å². The molecule has 0 saturated heterocycles. The van der Waals surface area contributed by atoms with Crippen molar-refractivity contribution in [1.29, 1.82) is 0 Å². The molecule has 0 aliphatic carbocycles. The van der Waals surface area contributed by atoms with Crippen LogP contribution in [0.1, 0.15) is 26.3 Å². The highest BCUT2D eigenvalue weighted by atomic mass is 32.2. The van der Waals surface area contributed by atoms with Crippen LogP contribution in [0.5, 0.6) is 0 Å². The topological polar surface area (TPSA) is 48.3 Å². The molecule has 2 aromatic rings. The van der Waals surface area contributed by atoms with Gasteiger partial charge in [-0.25, -0.2) is 0 Å². The highest BCUT2D eigenvalue weighted by Crippen LogP contribution is 2.17. The predicted octanol–water partition coefficient (Wildman–Crippen LogP) is 3.12. The first-order valence-electron chi connectivity index (χ1n) is 5.78. The van der Waals surface area contributed by atoms with E-state index in [0.29, 0.717) is 0 Å². The van der Waals surface area contributed by atoms with Crippen LogP contribution in [-0.2, 0) is 11.4 Å². The van der Waals surface area contributed by atoms with Crippen molar-refractivity contribution in [3.63, 3.8) is 0 Å². The molecule has 0 saturated carbocycles. The molecule has 1 aromatic heterocycles. The van der Waals surface area contributed by atoms with Crippen LogP contribution in [0.2, 0.25) is 0 Å². The zero-order valence-electron chi connectivity index (χ0n) is 10.8. The molecule has 0 N–H and O–H groups in total. The summed E-state index contributed by atoms with van der Waals surface area (Å²) in [6.45, 7) is 5.71. The van der Waals surface area contributed by atoms with Crippen LogP contribution in [0.25, 0.3) is 10.9 Å². The molecule has 0 bridgehead atoms. The molecule has 1 atom stereocenters. The van der Waals surface area contributed by atoms with E-state index in [1.54, 1.807) is 12.4 Å². The Kier molecular flexibility index (Phi) is 3.68. The fourth-order valence-corrected chi connectivity index (χ4v) is 1.96. The normalized spacial score (nSPS) is 14.2. The largest absolute Gasteiger partial charge is 0.591 e. The standard InChI is InChI=1S/C14H16N2OS/c1-14(2,3)18(17)16-10-11-8-12-6-4-5-7-13(12)15-9-11/h4-10H,1-3H3. The number of benzene rings is 1. The summed E-state index contributed by atoms with van der Waals surface area (Å²) in [5.74, 6) is 0. The van der Waals surface area contributed by atoms with Crippen LogP contribution in [0.15, 0.2) is 40.9 Å². The molecule has 2 rings (SSSR count). The minimum absolute atomic E-state index is 0.333. The van der Waals surface area contributed by atoms with Gasteiger partial charge in [0, 0.05) is 17.1 Å². The first-order chi connectivity index (χ1) is 8.47. The summed E-state index contributed by atoms with van der Waals surface area (Å²) in [5, 5.41) is 1.06. The molecule has 0 amide bonds. The maximum atomic E-state index is 11.8. The summed E-state index contributed by atoms with van der Waals surface area (Å²) in [6, 6.07) is 9.88. The van der Waals surface area contributed by atoms with Gasteiger partial charge >= 0.3 is 0 Å². The molecule has 0 spiro atoms. The zero-order chi connectivity index (χ0) is 13.2. The van der Waals surface area contributed by atoms with Crippen LogP contribution < -0.4 is 0 Å². The van der Waals surface area contributed by atoms with Crippen molar-refractivity contribution in [1.82, 2.24) is 4.98 Å². The highest BCUT2D eigenvalue weighted by Gasteiger charge is 2.25. The van der Waals surface area contributed by atoms with Gasteiger partial charge in [-0.1, -0.05) is 22.6 Å². The molecule has 1 heterocycles. The summed E-state index contributed by atoms with van der Waals surface area (Å²) in [6.07, 6.45) is 3.37.